The Morgan fingerprint density at radius 2 is 2.35 bits per heavy atom. The van der Waals surface area contributed by atoms with Crippen LogP contribution in [-0.4, -0.2) is 41.7 Å². The Morgan fingerprint density at radius 1 is 1.50 bits per heavy atom. The lowest BCUT2D eigenvalue weighted by Crippen LogP contribution is -2.38. The van der Waals surface area contributed by atoms with Gasteiger partial charge in [-0.1, -0.05) is 19.1 Å². The third kappa shape index (κ3) is 4.05. The highest BCUT2D eigenvalue weighted by atomic mass is 16.4. The first-order valence-corrected chi connectivity index (χ1v) is 7.47. The molecule has 0 saturated carbocycles. The van der Waals surface area contributed by atoms with Gasteiger partial charge in [0.25, 0.3) is 0 Å². The zero-order valence-corrected chi connectivity index (χ0v) is 12.1. The maximum absolute atomic E-state index is 10.9. The van der Waals surface area contributed by atoms with E-state index < -0.39 is 5.97 Å². The van der Waals surface area contributed by atoms with Crippen molar-refractivity contribution in [1.29, 1.82) is 0 Å². The van der Waals surface area contributed by atoms with Crippen LogP contribution in [-0.2, 0) is 6.54 Å². The largest absolute Gasteiger partial charge is 0.478 e. The van der Waals surface area contributed by atoms with Gasteiger partial charge in [-0.25, -0.2) is 4.79 Å². The van der Waals surface area contributed by atoms with E-state index in [1.807, 2.05) is 6.07 Å². The molecule has 2 N–H and O–H groups in total. The smallest absolute Gasteiger partial charge is 0.335 e. The minimum atomic E-state index is -0.864. The Bertz CT molecular complexity index is 448. The van der Waals surface area contributed by atoms with Gasteiger partial charge in [-0.05, 0) is 50.0 Å². The Hall–Kier alpha value is -1.39. The van der Waals surface area contributed by atoms with E-state index >= 15 is 0 Å². The molecule has 0 unspecified atom stereocenters. The third-order valence-electron chi connectivity index (χ3n) is 3.89. The molecule has 0 amide bonds. The van der Waals surface area contributed by atoms with Crippen LogP contribution in [0, 0.1) is 0 Å². The standard InChI is InChI=1S/C16H24N2O2/c1-2-8-18-9-4-7-15(18)12-17-11-13-5-3-6-14(10-13)16(19)20/h3,5-6,10,15,17H,2,4,7-9,11-12H2,1H3,(H,19,20)/t15-/m0/s1. The summed E-state index contributed by atoms with van der Waals surface area (Å²) in [5.41, 5.74) is 1.39. The van der Waals surface area contributed by atoms with Crippen LogP contribution in [0.25, 0.3) is 0 Å². The summed E-state index contributed by atoms with van der Waals surface area (Å²) in [7, 11) is 0. The molecule has 0 aliphatic carbocycles. The molecule has 1 aromatic carbocycles. The molecule has 1 aliphatic rings. The number of carbonyl (C=O) groups is 1. The number of carboxylic acids is 1. The first-order valence-electron chi connectivity index (χ1n) is 7.47. The summed E-state index contributed by atoms with van der Waals surface area (Å²) in [6, 6.07) is 7.79. The molecule has 110 valence electrons. The average molecular weight is 276 g/mol. The molecule has 0 bridgehead atoms. The van der Waals surface area contributed by atoms with Gasteiger partial charge in [0.2, 0.25) is 0 Å². The maximum Gasteiger partial charge on any atom is 0.335 e. The van der Waals surface area contributed by atoms with Crippen molar-refractivity contribution < 1.29 is 9.90 Å². The fraction of sp³-hybridized carbons (Fsp3) is 0.562. The lowest BCUT2D eigenvalue weighted by Gasteiger charge is -2.24. The van der Waals surface area contributed by atoms with E-state index in [1.54, 1.807) is 18.2 Å². The van der Waals surface area contributed by atoms with Gasteiger partial charge in [-0.3, -0.25) is 4.90 Å². The second-order valence-electron chi connectivity index (χ2n) is 5.47. The summed E-state index contributed by atoms with van der Waals surface area (Å²) in [6.45, 7) is 6.34. The number of rotatable bonds is 7. The fourth-order valence-electron chi connectivity index (χ4n) is 2.91. The van der Waals surface area contributed by atoms with Gasteiger partial charge in [-0.15, -0.1) is 0 Å². The van der Waals surface area contributed by atoms with E-state index in [4.69, 9.17) is 5.11 Å². The number of nitrogens with one attached hydrogen (secondary N) is 1. The molecule has 1 fully saturated rings. The van der Waals surface area contributed by atoms with Crippen LogP contribution in [0.5, 0.6) is 0 Å². The second kappa shape index (κ2) is 7.41. The lowest BCUT2D eigenvalue weighted by atomic mass is 10.1. The van der Waals surface area contributed by atoms with Crippen molar-refractivity contribution >= 4 is 5.97 Å². The SMILES string of the molecule is CCCN1CCC[C@H]1CNCc1cccc(C(=O)O)c1. The number of carboxylic acid groups (broad SMARTS) is 1. The number of hydrogen-bond acceptors (Lipinski definition) is 3. The normalized spacial score (nSPS) is 19.4. The summed E-state index contributed by atoms with van der Waals surface area (Å²) in [5, 5.41) is 12.4. The van der Waals surface area contributed by atoms with E-state index in [1.165, 1.54) is 32.4 Å². The van der Waals surface area contributed by atoms with Crippen LogP contribution in [0.2, 0.25) is 0 Å². The molecule has 1 heterocycles. The third-order valence-corrected chi connectivity index (χ3v) is 3.89. The molecular formula is C16H24N2O2. The van der Waals surface area contributed by atoms with Gasteiger partial charge in [0.15, 0.2) is 0 Å². The Kier molecular flexibility index (Phi) is 5.56. The van der Waals surface area contributed by atoms with Crippen molar-refractivity contribution in [2.75, 3.05) is 19.6 Å². The highest BCUT2D eigenvalue weighted by Gasteiger charge is 2.22. The highest BCUT2D eigenvalue weighted by molar-refractivity contribution is 5.87. The van der Waals surface area contributed by atoms with Gasteiger partial charge in [0, 0.05) is 19.1 Å². The van der Waals surface area contributed by atoms with Crippen LogP contribution in [0.4, 0.5) is 0 Å². The van der Waals surface area contributed by atoms with Crippen molar-refractivity contribution in [3.05, 3.63) is 35.4 Å². The Morgan fingerprint density at radius 3 is 3.10 bits per heavy atom. The molecule has 0 spiro atoms. The average Bonchev–Trinajstić information content (AvgIpc) is 2.87. The monoisotopic (exact) mass is 276 g/mol. The summed E-state index contributed by atoms with van der Waals surface area (Å²) >= 11 is 0. The maximum atomic E-state index is 10.9. The number of benzene rings is 1. The first kappa shape index (κ1) is 15.0. The van der Waals surface area contributed by atoms with E-state index in [0.29, 0.717) is 11.6 Å². The Labute approximate surface area is 120 Å². The van der Waals surface area contributed by atoms with Gasteiger partial charge in [0.1, 0.15) is 0 Å². The van der Waals surface area contributed by atoms with E-state index in [2.05, 4.69) is 17.1 Å². The summed E-state index contributed by atoms with van der Waals surface area (Å²) in [5.74, 6) is -0.864. The van der Waals surface area contributed by atoms with E-state index in [0.717, 1.165) is 18.7 Å². The summed E-state index contributed by atoms with van der Waals surface area (Å²) in [6.07, 6.45) is 3.76. The summed E-state index contributed by atoms with van der Waals surface area (Å²) in [4.78, 5) is 13.5. The highest BCUT2D eigenvalue weighted by Crippen LogP contribution is 2.16. The number of likely N-dealkylation sites (tertiary alicyclic amines) is 1. The molecule has 2 rings (SSSR count). The van der Waals surface area contributed by atoms with Crippen molar-refractivity contribution in [2.24, 2.45) is 0 Å². The van der Waals surface area contributed by atoms with Crippen LogP contribution in [0.3, 0.4) is 0 Å². The minimum Gasteiger partial charge on any atom is -0.478 e. The fourth-order valence-corrected chi connectivity index (χ4v) is 2.91. The van der Waals surface area contributed by atoms with Gasteiger partial charge in [-0.2, -0.15) is 0 Å². The summed E-state index contributed by atoms with van der Waals surface area (Å²) < 4.78 is 0. The predicted octanol–water partition coefficient (Wildman–Crippen LogP) is 2.35. The molecule has 4 heteroatoms. The zero-order chi connectivity index (χ0) is 14.4. The van der Waals surface area contributed by atoms with Crippen molar-refractivity contribution in [3.63, 3.8) is 0 Å². The number of hydrogen-bond donors (Lipinski definition) is 2. The van der Waals surface area contributed by atoms with Crippen molar-refractivity contribution in [2.45, 2.75) is 38.8 Å². The van der Waals surface area contributed by atoms with Gasteiger partial charge in [0.05, 0.1) is 5.56 Å². The van der Waals surface area contributed by atoms with Crippen LogP contribution in [0.1, 0.15) is 42.1 Å². The van der Waals surface area contributed by atoms with Crippen molar-refractivity contribution in [1.82, 2.24) is 10.2 Å². The van der Waals surface area contributed by atoms with Crippen molar-refractivity contribution in [3.8, 4) is 0 Å². The molecule has 1 aromatic rings. The second-order valence-corrected chi connectivity index (χ2v) is 5.47. The van der Waals surface area contributed by atoms with Crippen LogP contribution in [0.15, 0.2) is 24.3 Å². The molecule has 0 radical (unpaired) electrons. The van der Waals surface area contributed by atoms with Crippen LogP contribution < -0.4 is 5.32 Å². The van der Waals surface area contributed by atoms with E-state index in [-0.39, 0.29) is 0 Å². The topological polar surface area (TPSA) is 52.6 Å². The minimum absolute atomic E-state index is 0.359. The van der Waals surface area contributed by atoms with Gasteiger partial charge >= 0.3 is 5.97 Å². The lowest BCUT2D eigenvalue weighted by molar-refractivity contribution is 0.0696. The molecule has 4 nitrogen and oxygen atoms in total. The molecule has 0 aromatic heterocycles. The van der Waals surface area contributed by atoms with Crippen LogP contribution >= 0.6 is 0 Å². The molecule has 1 atom stereocenters. The molecular weight excluding hydrogens is 252 g/mol. The number of aromatic carboxylic acids is 1. The quantitative estimate of drug-likeness (QED) is 0.802. The zero-order valence-electron chi connectivity index (χ0n) is 12.1. The molecule has 1 saturated heterocycles. The first-order chi connectivity index (χ1) is 9.70. The number of nitrogens with zero attached hydrogens (tertiary/aromatic N) is 1. The Balaban J connectivity index is 1.80. The predicted molar refractivity (Wildman–Crippen MR) is 80.0 cm³/mol. The van der Waals surface area contributed by atoms with E-state index in [9.17, 15) is 4.79 Å². The molecule has 1 aliphatic heterocycles. The molecule has 20 heavy (non-hydrogen) atoms. The van der Waals surface area contributed by atoms with Gasteiger partial charge < -0.3 is 10.4 Å².